The molecule has 0 unspecified atom stereocenters. The summed E-state index contributed by atoms with van der Waals surface area (Å²) >= 11 is 0. The molecule has 60 valence electrons. The first-order valence-corrected chi connectivity index (χ1v) is 3.54. The predicted molar refractivity (Wildman–Crippen MR) is 42.7 cm³/mol. The Hall–Kier alpha value is -1.12. The van der Waals surface area contributed by atoms with Gasteiger partial charge in [0, 0.05) is 17.8 Å². The van der Waals surface area contributed by atoms with Gasteiger partial charge in [-0.25, -0.2) is 4.79 Å². The van der Waals surface area contributed by atoms with Crippen molar-refractivity contribution in [3.8, 4) is 0 Å². The third-order valence-electron chi connectivity index (χ3n) is 1.57. The number of esters is 1. The molecule has 0 atom stereocenters. The quantitative estimate of drug-likeness (QED) is 0.526. The van der Waals surface area contributed by atoms with E-state index in [2.05, 4.69) is 9.73 Å². The molecule has 1 rings (SSSR count). The molecule has 0 saturated carbocycles. The van der Waals surface area contributed by atoms with Crippen LogP contribution in [0.25, 0.3) is 0 Å². The van der Waals surface area contributed by atoms with Crippen LogP contribution in [0.5, 0.6) is 0 Å². The highest BCUT2D eigenvalue weighted by molar-refractivity contribution is 6.01. The van der Waals surface area contributed by atoms with Crippen molar-refractivity contribution in [1.82, 2.24) is 0 Å². The molecule has 0 aliphatic carbocycles. The van der Waals surface area contributed by atoms with E-state index in [9.17, 15) is 4.79 Å². The molecule has 1 aliphatic rings. The summed E-state index contributed by atoms with van der Waals surface area (Å²) < 4.78 is 4.58. The number of aliphatic imine (C=N–C) groups is 1. The van der Waals surface area contributed by atoms with Crippen LogP contribution < -0.4 is 0 Å². The summed E-state index contributed by atoms with van der Waals surface area (Å²) in [7, 11) is 1.39. The lowest BCUT2D eigenvalue weighted by Crippen LogP contribution is -2.11. The molecule has 11 heavy (non-hydrogen) atoms. The molecule has 0 aromatic carbocycles. The van der Waals surface area contributed by atoms with Gasteiger partial charge in [-0.3, -0.25) is 4.99 Å². The zero-order chi connectivity index (χ0) is 8.27. The Morgan fingerprint density at radius 3 is 3.00 bits per heavy atom. The van der Waals surface area contributed by atoms with Crippen LogP contribution in [-0.4, -0.2) is 25.3 Å². The largest absolute Gasteiger partial charge is 0.466 e. The van der Waals surface area contributed by atoms with E-state index >= 15 is 0 Å². The lowest BCUT2D eigenvalue weighted by molar-refractivity contribution is -0.136. The van der Waals surface area contributed by atoms with E-state index in [1.54, 1.807) is 6.08 Å². The van der Waals surface area contributed by atoms with E-state index in [1.807, 2.05) is 6.92 Å². The van der Waals surface area contributed by atoms with Crippen molar-refractivity contribution in [1.29, 1.82) is 0 Å². The number of ether oxygens (including phenoxy) is 1. The fourth-order valence-electron chi connectivity index (χ4n) is 1.01. The fourth-order valence-corrected chi connectivity index (χ4v) is 1.01. The van der Waals surface area contributed by atoms with Gasteiger partial charge in [0.1, 0.15) is 0 Å². The van der Waals surface area contributed by atoms with Crippen molar-refractivity contribution in [2.75, 3.05) is 13.7 Å². The van der Waals surface area contributed by atoms with E-state index in [0.717, 1.165) is 11.3 Å². The van der Waals surface area contributed by atoms with Crippen LogP contribution in [0.2, 0.25) is 0 Å². The van der Waals surface area contributed by atoms with Crippen LogP contribution in [0.4, 0.5) is 0 Å². The Morgan fingerprint density at radius 1 is 1.73 bits per heavy atom. The van der Waals surface area contributed by atoms with Gasteiger partial charge in [0.2, 0.25) is 0 Å². The van der Waals surface area contributed by atoms with Crippen molar-refractivity contribution < 1.29 is 9.53 Å². The number of methoxy groups -OCH3 is 1. The number of rotatable bonds is 1. The summed E-state index contributed by atoms with van der Waals surface area (Å²) in [5.74, 6) is -0.237. The van der Waals surface area contributed by atoms with Crippen LogP contribution in [0.15, 0.2) is 16.6 Å². The van der Waals surface area contributed by atoms with E-state index in [0.29, 0.717) is 13.0 Å². The van der Waals surface area contributed by atoms with Crippen molar-refractivity contribution in [2.24, 2.45) is 4.99 Å². The first kappa shape index (κ1) is 7.98. The summed E-state index contributed by atoms with van der Waals surface area (Å²) in [6.07, 6.45) is 2.47. The van der Waals surface area contributed by atoms with Crippen molar-refractivity contribution in [2.45, 2.75) is 13.3 Å². The molecular weight excluding hydrogens is 142 g/mol. The second-order valence-corrected chi connectivity index (χ2v) is 2.43. The lowest BCUT2D eigenvalue weighted by Gasteiger charge is -2.08. The summed E-state index contributed by atoms with van der Waals surface area (Å²) in [6.45, 7) is 2.58. The second kappa shape index (κ2) is 3.32. The number of carbonyl (C=O) groups is 1. The average Bonchev–Trinajstić information content (AvgIpc) is 2.03. The van der Waals surface area contributed by atoms with Crippen LogP contribution in [0.3, 0.4) is 0 Å². The normalized spacial score (nSPS) is 16.9. The number of dihydropyridines is 1. The predicted octanol–water partition coefficient (Wildman–Crippen LogP) is 0.950. The number of allylic oxidation sites excluding steroid dienone is 1. The maximum absolute atomic E-state index is 11.0. The maximum atomic E-state index is 11.0. The number of hydrogen-bond acceptors (Lipinski definition) is 3. The third kappa shape index (κ3) is 1.90. The van der Waals surface area contributed by atoms with Gasteiger partial charge in [0.05, 0.1) is 7.11 Å². The molecule has 0 fully saturated rings. The molecule has 0 spiro atoms. The first-order valence-electron chi connectivity index (χ1n) is 3.54. The van der Waals surface area contributed by atoms with E-state index in [4.69, 9.17) is 0 Å². The standard InChI is InChI=1S/C8H11NO2/c1-6-5-7(3-4-9-6)8(10)11-2/h5H,3-4H2,1-2H3. The molecular formula is C8H11NO2. The second-order valence-electron chi connectivity index (χ2n) is 2.43. The van der Waals surface area contributed by atoms with Crippen LogP contribution in [0.1, 0.15) is 13.3 Å². The molecule has 0 N–H and O–H groups in total. The third-order valence-corrected chi connectivity index (χ3v) is 1.57. The highest BCUT2D eigenvalue weighted by atomic mass is 16.5. The number of hydrogen-bond donors (Lipinski definition) is 0. The molecule has 0 saturated heterocycles. The lowest BCUT2D eigenvalue weighted by atomic mass is 10.1. The summed E-state index contributed by atoms with van der Waals surface area (Å²) in [5, 5.41) is 0. The summed E-state index contributed by atoms with van der Waals surface area (Å²) in [4.78, 5) is 15.1. The molecule has 0 radical (unpaired) electrons. The minimum Gasteiger partial charge on any atom is -0.466 e. The summed E-state index contributed by atoms with van der Waals surface area (Å²) in [5.41, 5.74) is 1.62. The Balaban J connectivity index is 2.73. The van der Waals surface area contributed by atoms with Crippen LogP contribution in [-0.2, 0) is 9.53 Å². The highest BCUT2D eigenvalue weighted by Crippen LogP contribution is 2.09. The van der Waals surface area contributed by atoms with Crippen molar-refractivity contribution in [3.05, 3.63) is 11.6 Å². The van der Waals surface area contributed by atoms with Gasteiger partial charge in [-0.15, -0.1) is 0 Å². The molecule has 1 aliphatic heterocycles. The Kier molecular flexibility index (Phi) is 2.41. The molecule has 0 aromatic heterocycles. The monoisotopic (exact) mass is 153 g/mol. The minimum absolute atomic E-state index is 0.237. The smallest absolute Gasteiger partial charge is 0.333 e. The minimum atomic E-state index is -0.237. The molecule has 0 bridgehead atoms. The SMILES string of the molecule is COC(=O)C1=CC(C)=NCC1. The van der Waals surface area contributed by atoms with Gasteiger partial charge >= 0.3 is 5.97 Å². The molecule has 3 heteroatoms. The first-order chi connectivity index (χ1) is 5.24. The maximum Gasteiger partial charge on any atom is 0.333 e. The molecule has 1 heterocycles. The van der Waals surface area contributed by atoms with Gasteiger partial charge in [-0.2, -0.15) is 0 Å². The number of carbonyl (C=O) groups excluding carboxylic acids is 1. The Labute approximate surface area is 65.8 Å². The van der Waals surface area contributed by atoms with E-state index in [-0.39, 0.29) is 5.97 Å². The average molecular weight is 153 g/mol. The molecule has 0 amide bonds. The van der Waals surface area contributed by atoms with Crippen LogP contribution >= 0.6 is 0 Å². The topological polar surface area (TPSA) is 38.7 Å². The van der Waals surface area contributed by atoms with Crippen molar-refractivity contribution in [3.63, 3.8) is 0 Å². The Morgan fingerprint density at radius 2 is 2.45 bits per heavy atom. The zero-order valence-corrected chi connectivity index (χ0v) is 6.76. The zero-order valence-electron chi connectivity index (χ0n) is 6.76. The summed E-state index contributed by atoms with van der Waals surface area (Å²) in [6, 6.07) is 0. The van der Waals surface area contributed by atoms with Gasteiger partial charge in [-0.1, -0.05) is 0 Å². The number of nitrogens with zero attached hydrogens (tertiary/aromatic N) is 1. The van der Waals surface area contributed by atoms with Gasteiger partial charge < -0.3 is 4.74 Å². The molecule has 0 aromatic rings. The van der Waals surface area contributed by atoms with Gasteiger partial charge in [0.15, 0.2) is 0 Å². The molecule has 3 nitrogen and oxygen atoms in total. The fraction of sp³-hybridized carbons (Fsp3) is 0.500. The van der Waals surface area contributed by atoms with E-state index < -0.39 is 0 Å². The Bertz CT molecular complexity index is 228. The van der Waals surface area contributed by atoms with Gasteiger partial charge in [0.25, 0.3) is 0 Å². The van der Waals surface area contributed by atoms with Crippen LogP contribution in [0, 0.1) is 0 Å². The van der Waals surface area contributed by atoms with Crippen molar-refractivity contribution >= 4 is 11.7 Å². The highest BCUT2D eigenvalue weighted by Gasteiger charge is 2.11. The van der Waals surface area contributed by atoms with E-state index in [1.165, 1.54) is 7.11 Å². The van der Waals surface area contributed by atoms with Gasteiger partial charge in [-0.05, 0) is 19.4 Å².